The van der Waals surface area contributed by atoms with Crippen LogP contribution in [0.2, 0.25) is 0 Å². The van der Waals surface area contributed by atoms with Crippen LogP contribution < -0.4 is 5.32 Å². The molecule has 2 atom stereocenters. The first-order valence-corrected chi connectivity index (χ1v) is 7.04. The van der Waals surface area contributed by atoms with Gasteiger partial charge in [0.05, 0.1) is 6.10 Å². The Bertz CT molecular complexity index is 380. The number of methoxy groups -OCH3 is 1. The Labute approximate surface area is 112 Å². The van der Waals surface area contributed by atoms with Gasteiger partial charge in [0.25, 0.3) is 0 Å². The van der Waals surface area contributed by atoms with Crippen molar-refractivity contribution >= 4 is 21.6 Å². The molecule has 1 aromatic rings. The fraction of sp³-hybridized carbons (Fsp3) is 0.571. The van der Waals surface area contributed by atoms with E-state index in [2.05, 4.69) is 46.4 Å². The SMILES string of the molecule is COC1CCCC(Nc2ccc(Br)c(C)c2)C1. The van der Waals surface area contributed by atoms with Crippen LogP contribution in [-0.4, -0.2) is 19.3 Å². The lowest BCUT2D eigenvalue weighted by molar-refractivity contribution is 0.0669. The summed E-state index contributed by atoms with van der Waals surface area (Å²) in [5.74, 6) is 0. The summed E-state index contributed by atoms with van der Waals surface area (Å²) in [5.41, 5.74) is 2.49. The van der Waals surface area contributed by atoms with Crippen LogP contribution in [0, 0.1) is 6.92 Å². The van der Waals surface area contributed by atoms with Gasteiger partial charge >= 0.3 is 0 Å². The Morgan fingerprint density at radius 2 is 2.18 bits per heavy atom. The maximum atomic E-state index is 5.45. The van der Waals surface area contributed by atoms with E-state index in [9.17, 15) is 0 Å². The van der Waals surface area contributed by atoms with Crippen molar-refractivity contribution in [3.8, 4) is 0 Å². The smallest absolute Gasteiger partial charge is 0.0590 e. The van der Waals surface area contributed by atoms with Crippen LogP contribution in [0.1, 0.15) is 31.2 Å². The van der Waals surface area contributed by atoms with Crippen LogP contribution in [0.4, 0.5) is 5.69 Å². The Kier molecular flexibility index (Phi) is 4.46. The summed E-state index contributed by atoms with van der Waals surface area (Å²) in [6, 6.07) is 6.98. The van der Waals surface area contributed by atoms with Crippen LogP contribution >= 0.6 is 15.9 Å². The lowest BCUT2D eigenvalue weighted by atomic mass is 9.92. The van der Waals surface area contributed by atoms with Gasteiger partial charge in [-0.2, -0.15) is 0 Å². The van der Waals surface area contributed by atoms with Gasteiger partial charge in [-0.3, -0.25) is 0 Å². The molecule has 2 rings (SSSR count). The molecular formula is C14H20BrNO. The first-order valence-electron chi connectivity index (χ1n) is 6.24. The summed E-state index contributed by atoms with van der Waals surface area (Å²) in [6.07, 6.45) is 5.25. The molecule has 0 heterocycles. The molecule has 1 aromatic carbocycles. The van der Waals surface area contributed by atoms with Crippen molar-refractivity contribution in [1.82, 2.24) is 0 Å². The van der Waals surface area contributed by atoms with Gasteiger partial charge in [-0.15, -0.1) is 0 Å². The minimum Gasteiger partial charge on any atom is -0.382 e. The van der Waals surface area contributed by atoms with Gasteiger partial charge in [-0.1, -0.05) is 15.9 Å². The molecule has 2 nitrogen and oxygen atoms in total. The number of benzene rings is 1. The molecule has 1 fully saturated rings. The molecular weight excluding hydrogens is 278 g/mol. The highest BCUT2D eigenvalue weighted by Gasteiger charge is 2.21. The number of halogens is 1. The lowest BCUT2D eigenvalue weighted by Crippen LogP contribution is -2.30. The van der Waals surface area contributed by atoms with Gasteiger partial charge in [-0.05, 0) is 56.4 Å². The average Bonchev–Trinajstić information content (AvgIpc) is 2.34. The topological polar surface area (TPSA) is 21.3 Å². The van der Waals surface area contributed by atoms with Gasteiger partial charge in [0.15, 0.2) is 0 Å². The number of hydrogen-bond donors (Lipinski definition) is 1. The third-order valence-corrected chi connectivity index (χ3v) is 4.38. The van der Waals surface area contributed by atoms with Crippen LogP contribution in [0.25, 0.3) is 0 Å². The number of rotatable bonds is 3. The van der Waals surface area contributed by atoms with Crippen molar-refractivity contribution in [2.45, 2.75) is 44.8 Å². The summed E-state index contributed by atoms with van der Waals surface area (Å²) in [4.78, 5) is 0. The lowest BCUT2D eigenvalue weighted by Gasteiger charge is -2.29. The first kappa shape index (κ1) is 12.9. The number of aryl methyl sites for hydroxylation is 1. The van der Waals surface area contributed by atoms with Gasteiger partial charge in [-0.25, -0.2) is 0 Å². The number of hydrogen-bond acceptors (Lipinski definition) is 2. The Hall–Kier alpha value is -0.540. The van der Waals surface area contributed by atoms with Crippen molar-refractivity contribution in [3.63, 3.8) is 0 Å². The van der Waals surface area contributed by atoms with Crippen molar-refractivity contribution in [2.75, 3.05) is 12.4 Å². The monoisotopic (exact) mass is 297 g/mol. The van der Waals surface area contributed by atoms with E-state index in [-0.39, 0.29) is 0 Å². The van der Waals surface area contributed by atoms with Gasteiger partial charge < -0.3 is 10.1 Å². The fourth-order valence-electron chi connectivity index (χ4n) is 2.46. The number of anilines is 1. The second-order valence-corrected chi connectivity index (χ2v) is 5.68. The molecule has 1 saturated carbocycles. The van der Waals surface area contributed by atoms with E-state index in [1.54, 1.807) is 0 Å². The van der Waals surface area contributed by atoms with E-state index in [0.29, 0.717) is 12.1 Å². The summed E-state index contributed by atoms with van der Waals surface area (Å²) < 4.78 is 6.62. The second kappa shape index (κ2) is 5.87. The second-order valence-electron chi connectivity index (χ2n) is 4.83. The van der Waals surface area contributed by atoms with E-state index in [4.69, 9.17) is 4.74 Å². The molecule has 94 valence electrons. The molecule has 3 heteroatoms. The fourth-order valence-corrected chi connectivity index (χ4v) is 2.71. The van der Waals surface area contributed by atoms with Crippen LogP contribution in [0.3, 0.4) is 0 Å². The Morgan fingerprint density at radius 1 is 1.35 bits per heavy atom. The molecule has 0 radical (unpaired) electrons. The van der Waals surface area contributed by atoms with Crippen molar-refractivity contribution in [2.24, 2.45) is 0 Å². The molecule has 1 aliphatic rings. The Morgan fingerprint density at radius 3 is 2.88 bits per heavy atom. The molecule has 0 spiro atoms. The van der Waals surface area contributed by atoms with Crippen LogP contribution in [-0.2, 0) is 4.74 Å². The van der Waals surface area contributed by atoms with Crippen LogP contribution in [0.5, 0.6) is 0 Å². The predicted molar refractivity (Wildman–Crippen MR) is 75.6 cm³/mol. The highest BCUT2D eigenvalue weighted by Crippen LogP contribution is 2.26. The van der Waals surface area contributed by atoms with Crippen LogP contribution in [0.15, 0.2) is 22.7 Å². The zero-order valence-corrected chi connectivity index (χ0v) is 12.1. The van der Waals surface area contributed by atoms with E-state index in [1.807, 2.05) is 7.11 Å². The molecule has 0 aromatic heterocycles. The molecule has 0 saturated heterocycles. The third-order valence-electron chi connectivity index (χ3n) is 3.49. The summed E-state index contributed by atoms with van der Waals surface area (Å²) >= 11 is 3.53. The van der Waals surface area contributed by atoms with Crippen molar-refractivity contribution in [3.05, 3.63) is 28.2 Å². The Balaban J connectivity index is 1.97. The first-order chi connectivity index (χ1) is 8.19. The maximum absolute atomic E-state index is 5.45. The third kappa shape index (κ3) is 3.46. The molecule has 0 amide bonds. The predicted octanol–water partition coefficient (Wildman–Crippen LogP) is 4.13. The number of nitrogens with one attached hydrogen (secondary N) is 1. The average molecular weight is 298 g/mol. The molecule has 1 aliphatic carbocycles. The largest absolute Gasteiger partial charge is 0.382 e. The highest BCUT2D eigenvalue weighted by molar-refractivity contribution is 9.10. The highest BCUT2D eigenvalue weighted by atomic mass is 79.9. The van der Waals surface area contributed by atoms with Gasteiger partial charge in [0.2, 0.25) is 0 Å². The summed E-state index contributed by atoms with van der Waals surface area (Å²) in [5, 5.41) is 3.61. The van der Waals surface area contributed by atoms with E-state index in [0.717, 1.165) is 6.42 Å². The normalized spacial score (nSPS) is 24.6. The van der Waals surface area contributed by atoms with Gasteiger partial charge in [0.1, 0.15) is 0 Å². The zero-order valence-electron chi connectivity index (χ0n) is 10.5. The molecule has 0 bridgehead atoms. The number of ether oxygens (including phenoxy) is 1. The van der Waals surface area contributed by atoms with Gasteiger partial charge in [0, 0.05) is 23.3 Å². The van der Waals surface area contributed by atoms with E-state index in [1.165, 1.54) is 35.0 Å². The van der Waals surface area contributed by atoms with E-state index < -0.39 is 0 Å². The quantitative estimate of drug-likeness (QED) is 0.906. The van der Waals surface area contributed by atoms with Crippen molar-refractivity contribution < 1.29 is 4.74 Å². The van der Waals surface area contributed by atoms with Crippen molar-refractivity contribution in [1.29, 1.82) is 0 Å². The summed E-state index contributed by atoms with van der Waals surface area (Å²) in [6.45, 7) is 2.12. The zero-order chi connectivity index (χ0) is 12.3. The molecule has 2 unspecified atom stereocenters. The maximum Gasteiger partial charge on any atom is 0.0590 e. The standard InChI is InChI=1S/C14H20BrNO/c1-10-8-12(6-7-14(10)15)16-11-4-3-5-13(9-11)17-2/h6-8,11,13,16H,3-5,9H2,1-2H3. The summed E-state index contributed by atoms with van der Waals surface area (Å²) in [7, 11) is 1.82. The van der Waals surface area contributed by atoms with E-state index >= 15 is 0 Å². The minimum absolute atomic E-state index is 0.429. The molecule has 1 N–H and O–H groups in total. The molecule has 0 aliphatic heterocycles. The molecule has 17 heavy (non-hydrogen) atoms. The minimum atomic E-state index is 0.429.